The van der Waals surface area contributed by atoms with E-state index in [1.807, 2.05) is 31.2 Å². The second kappa shape index (κ2) is 9.93. The molecule has 3 atom stereocenters. The van der Waals surface area contributed by atoms with Crippen molar-refractivity contribution in [2.24, 2.45) is 5.92 Å². The quantitative estimate of drug-likeness (QED) is 0.274. The summed E-state index contributed by atoms with van der Waals surface area (Å²) in [6, 6.07) is 19.9. The highest BCUT2D eigenvalue weighted by molar-refractivity contribution is 8.00. The first kappa shape index (κ1) is 25.2. The number of aryl methyl sites for hydroxylation is 1. The van der Waals surface area contributed by atoms with Crippen LogP contribution in [0.1, 0.15) is 27.5 Å². The Balaban J connectivity index is 1.44. The van der Waals surface area contributed by atoms with E-state index in [1.54, 1.807) is 42.5 Å². The molecule has 2 amide bonds. The smallest absolute Gasteiger partial charge is 0.305 e. The summed E-state index contributed by atoms with van der Waals surface area (Å²) in [6.45, 7) is 2.33. The molecule has 2 aliphatic heterocycles. The number of aromatic nitrogens is 1. The van der Waals surface area contributed by atoms with E-state index < -0.39 is 17.1 Å². The van der Waals surface area contributed by atoms with Crippen molar-refractivity contribution < 1.29 is 14.3 Å². The van der Waals surface area contributed by atoms with Crippen LogP contribution in [-0.4, -0.2) is 22.0 Å². The Kier molecular flexibility index (Phi) is 6.60. The van der Waals surface area contributed by atoms with Crippen LogP contribution in [0.15, 0.2) is 76.6 Å². The molecule has 1 saturated heterocycles. The van der Waals surface area contributed by atoms with Crippen LogP contribution in [0.25, 0.3) is 0 Å². The Morgan fingerprint density at radius 3 is 2.37 bits per heavy atom. The molecule has 10 heteroatoms. The minimum atomic E-state index is -0.748. The highest BCUT2D eigenvalue weighted by Crippen LogP contribution is 2.54. The number of hydrogen-bond donors (Lipinski definition) is 1. The van der Waals surface area contributed by atoms with Crippen LogP contribution in [-0.2, 0) is 16.2 Å². The van der Waals surface area contributed by atoms with Crippen molar-refractivity contribution >= 4 is 63.8 Å². The number of imide groups is 1. The van der Waals surface area contributed by atoms with E-state index in [9.17, 15) is 14.4 Å². The zero-order chi connectivity index (χ0) is 26.6. The predicted octanol–water partition coefficient (Wildman–Crippen LogP) is 6.43. The van der Waals surface area contributed by atoms with Gasteiger partial charge in [0, 0.05) is 26.4 Å². The Morgan fingerprint density at radius 1 is 0.921 bits per heavy atom. The van der Waals surface area contributed by atoms with Crippen molar-refractivity contribution in [1.82, 2.24) is 4.98 Å². The van der Waals surface area contributed by atoms with Crippen LogP contribution in [0.2, 0.25) is 10.0 Å². The first-order valence-corrected chi connectivity index (χ1v) is 14.3. The number of carbonyl (C=O) groups is 2. The summed E-state index contributed by atoms with van der Waals surface area (Å²) >= 11 is 14.8. The highest BCUT2D eigenvalue weighted by atomic mass is 35.5. The molecule has 6 nitrogen and oxygen atoms in total. The molecular weight excluding hydrogens is 563 g/mol. The topological polar surface area (TPSA) is 79.5 Å². The van der Waals surface area contributed by atoms with Gasteiger partial charge in [-0.05, 0) is 55.0 Å². The summed E-state index contributed by atoms with van der Waals surface area (Å²) in [4.78, 5) is 44.5. The Hall–Kier alpha value is -3.04. The molecule has 0 saturated carbocycles. The zero-order valence-electron chi connectivity index (χ0n) is 19.9. The van der Waals surface area contributed by atoms with E-state index in [0.29, 0.717) is 43.6 Å². The molecule has 4 aromatic rings. The van der Waals surface area contributed by atoms with Gasteiger partial charge in [-0.25, -0.2) is 4.90 Å². The molecule has 3 aromatic carbocycles. The van der Waals surface area contributed by atoms with Gasteiger partial charge in [0.15, 0.2) is 0 Å². The van der Waals surface area contributed by atoms with Gasteiger partial charge in [-0.15, -0.1) is 0 Å². The van der Waals surface area contributed by atoms with Gasteiger partial charge in [0.25, 0.3) is 0 Å². The summed E-state index contributed by atoms with van der Waals surface area (Å²) in [5.74, 6) is -1.47. The molecule has 192 valence electrons. The van der Waals surface area contributed by atoms with Crippen LogP contribution in [0.4, 0.5) is 5.69 Å². The van der Waals surface area contributed by atoms with Crippen LogP contribution >= 0.6 is 46.3 Å². The zero-order valence-corrected chi connectivity index (χ0v) is 23.1. The van der Waals surface area contributed by atoms with Crippen molar-refractivity contribution in [1.29, 1.82) is 0 Å². The number of aromatic amines is 1. The molecule has 0 aliphatic carbocycles. The van der Waals surface area contributed by atoms with Crippen molar-refractivity contribution in [3.63, 3.8) is 0 Å². The third-order valence-electron chi connectivity index (χ3n) is 6.73. The van der Waals surface area contributed by atoms with E-state index in [2.05, 4.69) is 4.98 Å². The number of benzene rings is 3. The summed E-state index contributed by atoms with van der Waals surface area (Å²) in [5.41, 5.74) is 3.25. The summed E-state index contributed by atoms with van der Waals surface area (Å²) < 4.78 is 6.25. The molecule has 3 heterocycles. The number of nitrogens with zero attached hydrogens (tertiary/aromatic N) is 1. The Morgan fingerprint density at radius 2 is 1.63 bits per heavy atom. The molecular formula is C28H20Cl2N2O4S2. The van der Waals surface area contributed by atoms with Gasteiger partial charge in [-0.2, -0.15) is 0 Å². The standard InChI is InChI=1S/C28H20Cl2N2O4S2/c1-14-2-4-15(5-3-14)13-36-20-11-8-17(30)12-19(20)21-22-24(37-25-23(21)38-28(35)31-25)27(34)32(26(22)33)18-9-6-16(29)7-10-18/h2-12,21-22,24H,13H2,1H3,(H,31,35)/t21-,22?,24?/m1/s1. The SMILES string of the molecule is Cc1ccc(COc2ccc(Cl)cc2[C@H]2c3sc(=O)[nH]c3SC3C(=O)N(c4ccc(Cl)cc4)C(=O)C32)cc1. The summed E-state index contributed by atoms with van der Waals surface area (Å²) in [6.07, 6.45) is 0. The number of hydrogen-bond acceptors (Lipinski definition) is 6. The molecule has 2 unspecified atom stereocenters. The van der Waals surface area contributed by atoms with Crippen LogP contribution < -0.4 is 14.5 Å². The first-order valence-electron chi connectivity index (χ1n) is 11.8. The van der Waals surface area contributed by atoms with Crippen LogP contribution in [0.3, 0.4) is 0 Å². The number of thioether (sulfide) groups is 1. The Labute approximate surface area is 236 Å². The average molecular weight is 584 g/mol. The van der Waals surface area contributed by atoms with Crippen molar-refractivity contribution in [3.8, 4) is 5.75 Å². The van der Waals surface area contributed by atoms with Gasteiger partial charge in [0.05, 0.1) is 16.6 Å². The van der Waals surface area contributed by atoms with Gasteiger partial charge >= 0.3 is 4.87 Å². The third-order valence-corrected chi connectivity index (χ3v) is 9.62. The number of halogens is 2. The number of nitrogens with one attached hydrogen (secondary N) is 1. The molecule has 1 N–H and O–H groups in total. The minimum Gasteiger partial charge on any atom is -0.489 e. The predicted molar refractivity (Wildman–Crippen MR) is 151 cm³/mol. The number of carbonyl (C=O) groups excluding carboxylic acids is 2. The molecule has 0 bridgehead atoms. The fourth-order valence-electron chi connectivity index (χ4n) is 4.94. The lowest BCUT2D eigenvalue weighted by molar-refractivity contribution is -0.122. The molecule has 6 rings (SSSR count). The van der Waals surface area contributed by atoms with Crippen LogP contribution in [0.5, 0.6) is 5.75 Å². The minimum absolute atomic E-state index is 0.244. The maximum atomic E-state index is 13.9. The normalized spacial score (nSPS) is 20.4. The molecule has 1 aromatic heterocycles. The van der Waals surface area contributed by atoms with E-state index >= 15 is 0 Å². The fraction of sp³-hybridized carbons (Fsp3) is 0.179. The fourth-order valence-corrected chi connectivity index (χ4v) is 7.75. The monoisotopic (exact) mass is 582 g/mol. The molecule has 0 radical (unpaired) electrons. The number of amides is 2. The lowest BCUT2D eigenvalue weighted by Gasteiger charge is -2.31. The van der Waals surface area contributed by atoms with Gasteiger partial charge in [-0.1, -0.05) is 76.1 Å². The van der Waals surface area contributed by atoms with E-state index in [-0.39, 0.29) is 16.7 Å². The van der Waals surface area contributed by atoms with Gasteiger partial charge in [-0.3, -0.25) is 14.4 Å². The number of anilines is 1. The van der Waals surface area contributed by atoms with Crippen molar-refractivity contribution in [2.75, 3.05) is 4.90 Å². The Bertz CT molecular complexity index is 1620. The van der Waals surface area contributed by atoms with Gasteiger partial charge in [0.1, 0.15) is 17.6 Å². The number of rotatable bonds is 5. The van der Waals surface area contributed by atoms with Gasteiger partial charge in [0.2, 0.25) is 11.8 Å². The number of ether oxygens (including phenoxy) is 1. The summed E-state index contributed by atoms with van der Waals surface area (Å²) in [7, 11) is 0. The first-order chi connectivity index (χ1) is 18.3. The van der Waals surface area contributed by atoms with E-state index in [4.69, 9.17) is 27.9 Å². The van der Waals surface area contributed by atoms with Crippen LogP contribution in [0, 0.1) is 12.8 Å². The molecule has 0 spiro atoms. The largest absolute Gasteiger partial charge is 0.489 e. The van der Waals surface area contributed by atoms with E-state index in [1.165, 1.54) is 16.7 Å². The summed E-state index contributed by atoms with van der Waals surface area (Å²) in [5, 5.41) is 0.847. The van der Waals surface area contributed by atoms with Crippen molar-refractivity contribution in [2.45, 2.75) is 29.7 Å². The van der Waals surface area contributed by atoms with E-state index in [0.717, 1.165) is 22.5 Å². The van der Waals surface area contributed by atoms with Gasteiger partial charge < -0.3 is 9.72 Å². The maximum absolute atomic E-state index is 13.9. The molecule has 2 aliphatic rings. The highest BCUT2D eigenvalue weighted by Gasteiger charge is 2.56. The molecule has 38 heavy (non-hydrogen) atoms. The second-order valence-electron chi connectivity index (χ2n) is 9.19. The second-order valence-corrected chi connectivity index (χ2v) is 12.2. The average Bonchev–Trinajstić information content (AvgIpc) is 3.39. The maximum Gasteiger partial charge on any atom is 0.305 e. The number of H-pyrrole nitrogens is 1. The number of thiazole rings is 1. The van der Waals surface area contributed by atoms with Crippen molar-refractivity contribution in [3.05, 3.63) is 108 Å². The molecule has 1 fully saturated rings. The number of fused-ring (bicyclic) bond motifs is 2. The lowest BCUT2D eigenvalue weighted by atomic mass is 9.82. The third kappa shape index (κ3) is 4.45. The lowest BCUT2D eigenvalue weighted by Crippen LogP contribution is -2.32.